The lowest BCUT2D eigenvalue weighted by atomic mass is 10.2. The summed E-state index contributed by atoms with van der Waals surface area (Å²) in [7, 11) is 0. The van der Waals surface area contributed by atoms with E-state index in [1.54, 1.807) is 0 Å². The molecule has 0 amide bonds. The number of halogens is 1. The Balaban J connectivity index is 0.00000264. The van der Waals surface area contributed by atoms with Crippen LogP contribution in [-0.2, 0) is 0 Å². The number of benzene rings is 1. The second-order valence-corrected chi connectivity index (χ2v) is 5.09. The number of guanidine groups is 1. The molecule has 0 fully saturated rings. The number of nitrogens with zero attached hydrogens (tertiary/aromatic N) is 4. The van der Waals surface area contributed by atoms with Gasteiger partial charge in [-0.05, 0) is 13.8 Å². The van der Waals surface area contributed by atoms with Crippen LogP contribution in [0.1, 0.15) is 32.6 Å². The normalized spacial score (nSPS) is 12.6. The van der Waals surface area contributed by atoms with Crippen LogP contribution in [-0.4, -0.2) is 40.6 Å². The zero-order chi connectivity index (χ0) is 15.9. The van der Waals surface area contributed by atoms with Crippen LogP contribution in [0.25, 0.3) is 11.4 Å². The molecule has 2 N–H and O–H groups in total. The molecular formula is C16H24IN5O. The van der Waals surface area contributed by atoms with E-state index in [0.717, 1.165) is 18.7 Å². The zero-order valence-electron chi connectivity index (χ0n) is 13.8. The third kappa shape index (κ3) is 5.19. The Morgan fingerprint density at radius 2 is 1.91 bits per heavy atom. The number of nitrogens with two attached hydrogens (primary N) is 1. The van der Waals surface area contributed by atoms with E-state index < -0.39 is 0 Å². The molecule has 1 aromatic heterocycles. The van der Waals surface area contributed by atoms with Crippen LogP contribution in [0.4, 0.5) is 0 Å². The molecule has 0 radical (unpaired) electrons. The molecule has 0 aliphatic rings. The maximum Gasteiger partial charge on any atom is 0.231 e. The summed E-state index contributed by atoms with van der Waals surface area (Å²) in [6.07, 6.45) is 0. The first kappa shape index (κ1) is 19.4. The van der Waals surface area contributed by atoms with Gasteiger partial charge in [-0.25, -0.2) is 0 Å². The smallest absolute Gasteiger partial charge is 0.231 e. The lowest BCUT2D eigenvalue weighted by Crippen LogP contribution is -2.37. The summed E-state index contributed by atoms with van der Waals surface area (Å²) >= 11 is 0. The second kappa shape index (κ2) is 9.49. The average Bonchev–Trinajstić information content (AvgIpc) is 3.04. The molecule has 0 bridgehead atoms. The summed E-state index contributed by atoms with van der Waals surface area (Å²) in [4.78, 5) is 10.9. The molecule has 0 aliphatic carbocycles. The van der Waals surface area contributed by atoms with Gasteiger partial charge in [0.05, 0.1) is 12.5 Å². The Morgan fingerprint density at radius 3 is 2.52 bits per heavy atom. The standard InChI is InChI=1S/C16H23N5O.HI/c1-4-21(5-2)16(17)18-11-12(3)15-19-14(20-22-15)13-9-7-6-8-10-13;/h6-10,12H,4-5,11H2,1-3H3,(H2,17,18);1H. The summed E-state index contributed by atoms with van der Waals surface area (Å²) in [5.74, 6) is 1.76. The SMILES string of the molecule is CCN(CC)C(N)=NCC(C)c1nc(-c2ccccc2)no1.I. The minimum atomic E-state index is 0. The van der Waals surface area contributed by atoms with E-state index in [1.807, 2.05) is 42.2 Å². The van der Waals surface area contributed by atoms with Crippen molar-refractivity contribution in [2.75, 3.05) is 19.6 Å². The number of rotatable bonds is 6. The van der Waals surface area contributed by atoms with Gasteiger partial charge in [0.15, 0.2) is 5.96 Å². The molecule has 0 saturated carbocycles. The molecule has 126 valence electrons. The Hall–Kier alpha value is -1.64. The Morgan fingerprint density at radius 1 is 1.26 bits per heavy atom. The molecule has 1 unspecified atom stereocenters. The van der Waals surface area contributed by atoms with E-state index in [2.05, 4.69) is 29.0 Å². The second-order valence-electron chi connectivity index (χ2n) is 5.09. The van der Waals surface area contributed by atoms with Crippen molar-refractivity contribution in [2.24, 2.45) is 10.7 Å². The fraction of sp³-hybridized carbons (Fsp3) is 0.438. The number of hydrogen-bond acceptors (Lipinski definition) is 4. The third-order valence-corrected chi connectivity index (χ3v) is 3.51. The van der Waals surface area contributed by atoms with Crippen molar-refractivity contribution in [1.82, 2.24) is 15.0 Å². The highest BCUT2D eigenvalue weighted by molar-refractivity contribution is 14.0. The van der Waals surface area contributed by atoms with Crippen LogP contribution < -0.4 is 5.73 Å². The molecule has 0 saturated heterocycles. The summed E-state index contributed by atoms with van der Waals surface area (Å²) < 4.78 is 5.34. The molecular weight excluding hydrogens is 405 g/mol. The van der Waals surface area contributed by atoms with Gasteiger partial charge in [0.25, 0.3) is 0 Å². The van der Waals surface area contributed by atoms with Gasteiger partial charge in [0, 0.05) is 18.7 Å². The zero-order valence-corrected chi connectivity index (χ0v) is 16.1. The topological polar surface area (TPSA) is 80.5 Å². The quantitative estimate of drug-likeness (QED) is 0.434. The lowest BCUT2D eigenvalue weighted by molar-refractivity contribution is 0.361. The number of aromatic nitrogens is 2. The maximum absolute atomic E-state index is 5.97. The third-order valence-electron chi connectivity index (χ3n) is 3.51. The van der Waals surface area contributed by atoms with Gasteiger partial charge in [-0.1, -0.05) is 42.4 Å². The Bertz CT molecular complexity index is 610. The Labute approximate surface area is 154 Å². The van der Waals surface area contributed by atoms with E-state index in [1.165, 1.54) is 0 Å². The van der Waals surface area contributed by atoms with E-state index in [4.69, 9.17) is 10.3 Å². The van der Waals surface area contributed by atoms with Crippen LogP contribution in [0.15, 0.2) is 39.8 Å². The number of aliphatic imine (C=N–C) groups is 1. The highest BCUT2D eigenvalue weighted by atomic mass is 127. The molecule has 2 aromatic rings. The van der Waals surface area contributed by atoms with Crippen molar-refractivity contribution in [3.8, 4) is 11.4 Å². The molecule has 6 nitrogen and oxygen atoms in total. The predicted octanol–water partition coefficient (Wildman–Crippen LogP) is 3.11. The van der Waals surface area contributed by atoms with Crippen molar-refractivity contribution in [3.05, 3.63) is 36.2 Å². The maximum atomic E-state index is 5.97. The van der Waals surface area contributed by atoms with Crippen LogP contribution in [0, 0.1) is 0 Å². The van der Waals surface area contributed by atoms with Crippen LogP contribution in [0.3, 0.4) is 0 Å². The van der Waals surface area contributed by atoms with Gasteiger partial charge < -0.3 is 15.2 Å². The predicted molar refractivity (Wildman–Crippen MR) is 103 cm³/mol. The van der Waals surface area contributed by atoms with Gasteiger partial charge in [-0.3, -0.25) is 4.99 Å². The summed E-state index contributed by atoms with van der Waals surface area (Å²) in [6, 6.07) is 9.76. The van der Waals surface area contributed by atoms with Crippen LogP contribution >= 0.6 is 24.0 Å². The highest BCUT2D eigenvalue weighted by Gasteiger charge is 2.15. The van der Waals surface area contributed by atoms with E-state index >= 15 is 0 Å². The molecule has 0 aliphatic heterocycles. The summed E-state index contributed by atoms with van der Waals surface area (Å²) in [6.45, 7) is 8.33. The molecule has 2 rings (SSSR count). The molecule has 0 spiro atoms. The first-order chi connectivity index (χ1) is 10.7. The fourth-order valence-electron chi connectivity index (χ4n) is 2.10. The summed E-state index contributed by atoms with van der Waals surface area (Å²) in [5.41, 5.74) is 6.91. The fourth-order valence-corrected chi connectivity index (χ4v) is 2.10. The molecule has 1 aromatic carbocycles. The van der Waals surface area contributed by atoms with E-state index in [0.29, 0.717) is 24.2 Å². The lowest BCUT2D eigenvalue weighted by Gasteiger charge is -2.19. The monoisotopic (exact) mass is 429 g/mol. The van der Waals surface area contributed by atoms with Crippen LogP contribution in [0.2, 0.25) is 0 Å². The van der Waals surface area contributed by atoms with Gasteiger partial charge in [0.2, 0.25) is 11.7 Å². The van der Waals surface area contributed by atoms with Crippen molar-refractivity contribution in [1.29, 1.82) is 0 Å². The minimum Gasteiger partial charge on any atom is -0.370 e. The van der Waals surface area contributed by atoms with Gasteiger partial charge in [-0.2, -0.15) is 4.98 Å². The van der Waals surface area contributed by atoms with Crippen molar-refractivity contribution >= 4 is 29.9 Å². The summed E-state index contributed by atoms with van der Waals surface area (Å²) in [5, 5.41) is 4.03. The first-order valence-corrected chi connectivity index (χ1v) is 7.59. The van der Waals surface area contributed by atoms with Gasteiger partial charge >= 0.3 is 0 Å². The van der Waals surface area contributed by atoms with E-state index in [-0.39, 0.29) is 29.9 Å². The van der Waals surface area contributed by atoms with E-state index in [9.17, 15) is 0 Å². The highest BCUT2D eigenvalue weighted by Crippen LogP contribution is 2.19. The Kier molecular flexibility index (Phi) is 8.01. The minimum absolute atomic E-state index is 0. The average molecular weight is 429 g/mol. The first-order valence-electron chi connectivity index (χ1n) is 7.59. The number of hydrogen-bond donors (Lipinski definition) is 1. The van der Waals surface area contributed by atoms with Crippen molar-refractivity contribution < 1.29 is 4.52 Å². The van der Waals surface area contributed by atoms with Gasteiger partial charge in [0.1, 0.15) is 0 Å². The van der Waals surface area contributed by atoms with Crippen LogP contribution in [0.5, 0.6) is 0 Å². The molecule has 7 heteroatoms. The van der Waals surface area contributed by atoms with Crippen molar-refractivity contribution in [2.45, 2.75) is 26.7 Å². The largest absolute Gasteiger partial charge is 0.370 e. The van der Waals surface area contributed by atoms with Crippen molar-refractivity contribution in [3.63, 3.8) is 0 Å². The molecule has 1 heterocycles. The molecule has 1 atom stereocenters. The van der Waals surface area contributed by atoms with Gasteiger partial charge in [-0.15, -0.1) is 24.0 Å². The molecule has 23 heavy (non-hydrogen) atoms.